The first kappa shape index (κ1) is 16.7. The van der Waals surface area contributed by atoms with Gasteiger partial charge < -0.3 is 15.2 Å². The van der Waals surface area contributed by atoms with Gasteiger partial charge in [0.2, 0.25) is 0 Å². The van der Waals surface area contributed by atoms with Gasteiger partial charge in [-0.05, 0) is 44.0 Å². The number of halogens is 1. The van der Waals surface area contributed by atoms with Crippen LogP contribution in [0.1, 0.15) is 19.4 Å². The number of hydrogen-bond acceptors (Lipinski definition) is 4. The molecule has 118 valence electrons. The third-order valence-electron chi connectivity index (χ3n) is 4.43. The van der Waals surface area contributed by atoms with Gasteiger partial charge in [0.15, 0.2) is 0 Å². The number of methoxy groups -OCH3 is 1. The number of ether oxygens (including phenoxy) is 2. The van der Waals surface area contributed by atoms with Crippen molar-refractivity contribution in [1.82, 2.24) is 4.90 Å². The summed E-state index contributed by atoms with van der Waals surface area (Å²) in [6, 6.07) is 6.06. The van der Waals surface area contributed by atoms with E-state index >= 15 is 0 Å². The fraction of sp³-hybridized carbons (Fsp3) is 0.625. The van der Waals surface area contributed by atoms with Crippen molar-refractivity contribution in [1.29, 1.82) is 0 Å². The summed E-state index contributed by atoms with van der Waals surface area (Å²) < 4.78 is 11.8. The second-order valence-corrected chi connectivity index (χ2v) is 6.88. The average Bonchev–Trinajstić information content (AvgIpc) is 2.50. The third kappa shape index (κ3) is 3.97. The molecule has 1 fully saturated rings. The summed E-state index contributed by atoms with van der Waals surface area (Å²) in [7, 11) is 1.69. The average molecular weight is 357 g/mol. The Morgan fingerprint density at radius 1 is 1.38 bits per heavy atom. The van der Waals surface area contributed by atoms with Crippen LogP contribution in [0.25, 0.3) is 0 Å². The van der Waals surface area contributed by atoms with Crippen LogP contribution >= 0.6 is 15.9 Å². The molecule has 0 amide bonds. The Hall–Kier alpha value is -0.620. The fourth-order valence-electron chi connectivity index (χ4n) is 2.70. The highest BCUT2D eigenvalue weighted by Crippen LogP contribution is 2.27. The van der Waals surface area contributed by atoms with Gasteiger partial charge in [0.05, 0.1) is 20.3 Å². The van der Waals surface area contributed by atoms with Crippen molar-refractivity contribution in [3.63, 3.8) is 0 Å². The number of nitrogens with zero attached hydrogens (tertiary/aromatic N) is 1. The molecule has 0 aliphatic carbocycles. The minimum atomic E-state index is -0.0632. The standard InChI is InChI=1S/C16H25BrN2O2/c1-16(2,19-6-8-21-9-7-19)15(18)11-12-10-13(20-3)4-5-14(12)17/h4-5,10,15H,6-9,11,18H2,1-3H3. The normalized spacial score (nSPS) is 18.5. The predicted octanol–water partition coefficient (Wildman–Crippen LogP) is 2.44. The number of rotatable bonds is 5. The zero-order valence-electron chi connectivity index (χ0n) is 13.1. The Labute approximate surface area is 135 Å². The second-order valence-electron chi connectivity index (χ2n) is 6.02. The zero-order valence-corrected chi connectivity index (χ0v) is 14.6. The number of nitrogens with two attached hydrogens (primary N) is 1. The SMILES string of the molecule is COc1ccc(Br)c(CC(N)C(C)(C)N2CCOCC2)c1. The largest absolute Gasteiger partial charge is 0.497 e. The van der Waals surface area contributed by atoms with Crippen LogP contribution in [0.4, 0.5) is 0 Å². The lowest BCUT2D eigenvalue weighted by atomic mass is 9.88. The van der Waals surface area contributed by atoms with Gasteiger partial charge in [-0.25, -0.2) is 0 Å². The highest BCUT2D eigenvalue weighted by atomic mass is 79.9. The van der Waals surface area contributed by atoms with Crippen molar-refractivity contribution in [3.8, 4) is 5.75 Å². The van der Waals surface area contributed by atoms with E-state index in [-0.39, 0.29) is 11.6 Å². The van der Waals surface area contributed by atoms with Crippen molar-refractivity contribution in [2.75, 3.05) is 33.4 Å². The van der Waals surface area contributed by atoms with E-state index in [1.807, 2.05) is 12.1 Å². The van der Waals surface area contributed by atoms with Crippen LogP contribution < -0.4 is 10.5 Å². The van der Waals surface area contributed by atoms with Crippen LogP contribution in [-0.2, 0) is 11.2 Å². The Bertz CT molecular complexity index is 473. The minimum Gasteiger partial charge on any atom is -0.497 e. The van der Waals surface area contributed by atoms with Gasteiger partial charge in [-0.3, -0.25) is 4.90 Å². The van der Waals surface area contributed by atoms with Gasteiger partial charge in [-0.1, -0.05) is 15.9 Å². The summed E-state index contributed by atoms with van der Waals surface area (Å²) >= 11 is 3.61. The lowest BCUT2D eigenvalue weighted by Crippen LogP contribution is -2.59. The molecule has 1 aromatic rings. The number of benzene rings is 1. The Balaban J connectivity index is 2.10. The molecule has 1 atom stereocenters. The maximum Gasteiger partial charge on any atom is 0.119 e. The first-order chi connectivity index (χ1) is 9.95. The van der Waals surface area contributed by atoms with E-state index in [0.29, 0.717) is 0 Å². The van der Waals surface area contributed by atoms with Gasteiger partial charge >= 0.3 is 0 Å². The lowest BCUT2D eigenvalue weighted by Gasteiger charge is -2.44. The highest BCUT2D eigenvalue weighted by Gasteiger charge is 2.34. The van der Waals surface area contributed by atoms with Crippen LogP contribution in [0, 0.1) is 0 Å². The molecule has 5 heteroatoms. The molecule has 0 saturated carbocycles. The molecular formula is C16H25BrN2O2. The molecule has 1 saturated heterocycles. The molecular weight excluding hydrogens is 332 g/mol. The monoisotopic (exact) mass is 356 g/mol. The summed E-state index contributed by atoms with van der Waals surface area (Å²) in [4.78, 5) is 2.43. The van der Waals surface area contributed by atoms with Crippen molar-refractivity contribution in [2.45, 2.75) is 31.8 Å². The van der Waals surface area contributed by atoms with E-state index in [0.717, 1.165) is 42.9 Å². The Kier molecular flexibility index (Phi) is 5.66. The maximum absolute atomic E-state index is 6.53. The smallest absolute Gasteiger partial charge is 0.119 e. The molecule has 0 aromatic heterocycles. The van der Waals surface area contributed by atoms with Crippen LogP contribution in [0.15, 0.2) is 22.7 Å². The molecule has 1 aliphatic rings. The topological polar surface area (TPSA) is 47.7 Å². The van der Waals surface area contributed by atoms with E-state index in [9.17, 15) is 0 Å². The second kappa shape index (κ2) is 7.09. The summed E-state index contributed by atoms with van der Waals surface area (Å²) in [6.07, 6.45) is 0.808. The molecule has 1 heterocycles. The molecule has 2 rings (SSSR count). The van der Waals surface area contributed by atoms with Gasteiger partial charge in [0.1, 0.15) is 5.75 Å². The number of hydrogen-bond donors (Lipinski definition) is 1. The molecule has 1 aromatic carbocycles. The summed E-state index contributed by atoms with van der Waals surface area (Å²) in [5.41, 5.74) is 7.65. The molecule has 0 radical (unpaired) electrons. The van der Waals surface area contributed by atoms with E-state index in [4.69, 9.17) is 15.2 Å². The first-order valence-electron chi connectivity index (χ1n) is 7.36. The van der Waals surface area contributed by atoms with E-state index in [1.165, 1.54) is 5.56 Å². The summed E-state index contributed by atoms with van der Waals surface area (Å²) in [5.74, 6) is 0.865. The first-order valence-corrected chi connectivity index (χ1v) is 8.15. The van der Waals surface area contributed by atoms with Gasteiger partial charge in [-0.2, -0.15) is 0 Å². The molecule has 0 bridgehead atoms. The van der Waals surface area contributed by atoms with Crippen LogP contribution in [0.2, 0.25) is 0 Å². The van der Waals surface area contributed by atoms with E-state index < -0.39 is 0 Å². The molecule has 1 aliphatic heterocycles. The van der Waals surface area contributed by atoms with E-state index in [2.05, 4.69) is 40.7 Å². The zero-order chi connectivity index (χ0) is 15.5. The minimum absolute atomic E-state index is 0.0407. The highest BCUT2D eigenvalue weighted by molar-refractivity contribution is 9.10. The van der Waals surface area contributed by atoms with Crippen LogP contribution in [-0.4, -0.2) is 49.9 Å². The Morgan fingerprint density at radius 2 is 2.05 bits per heavy atom. The summed E-state index contributed by atoms with van der Waals surface area (Å²) in [6.45, 7) is 7.91. The number of morpholine rings is 1. The predicted molar refractivity (Wildman–Crippen MR) is 88.8 cm³/mol. The quantitative estimate of drug-likeness (QED) is 0.880. The molecule has 1 unspecified atom stereocenters. The van der Waals surface area contributed by atoms with Crippen LogP contribution in [0.5, 0.6) is 5.75 Å². The summed E-state index contributed by atoms with van der Waals surface area (Å²) in [5, 5.41) is 0. The van der Waals surface area contributed by atoms with Gasteiger partial charge in [0.25, 0.3) is 0 Å². The molecule has 21 heavy (non-hydrogen) atoms. The van der Waals surface area contributed by atoms with Crippen molar-refractivity contribution in [3.05, 3.63) is 28.2 Å². The van der Waals surface area contributed by atoms with E-state index in [1.54, 1.807) is 7.11 Å². The molecule has 2 N–H and O–H groups in total. The van der Waals surface area contributed by atoms with Crippen molar-refractivity contribution < 1.29 is 9.47 Å². The lowest BCUT2D eigenvalue weighted by molar-refractivity contribution is -0.0186. The van der Waals surface area contributed by atoms with Gasteiger partial charge in [-0.15, -0.1) is 0 Å². The fourth-order valence-corrected chi connectivity index (χ4v) is 3.10. The van der Waals surface area contributed by atoms with Crippen molar-refractivity contribution >= 4 is 15.9 Å². The maximum atomic E-state index is 6.53. The third-order valence-corrected chi connectivity index (χ3v) is 5.20. The van der Waals surface area contributed by atoms with Crippen molar-refractivity contribution in [2.24, 2.45) is 5.73 Å². The molecule has 0 spiro atoms. The van der Waals surface area contributed by atoms with Crippen LogP contribution in [0.3, 0.4) is 0 Å². The Morgan fingerprint density at radius 3 is 2.67 bits per heavy atom. The molecule has 4 nitrogen and oxygen atoms in total. The van der Waals surface area contributed by atoms with Gasteiger partial charge in [0, 0.05) is 29.1 Å².